The van der Waals surface area contributed by atoms with Crippen LogP contribution < -0.4 is 4.74 Å². The molecule has 0 aliphatic rings. The first-order valence-electron chi connectivity index (χ1n) is 3.87. The van der Waals surface area contributed by atoms with Gasteiger partial charge < -0.3 is 4.74 Å². The maximum absolute atomic E-state index is 12.5. The second-order valence-corrected chi connectivity index (χ2v) is 3.50. The van der Waals surface area contributed by atoms with E-state index in [1.807, 2.05) is 0 Å². The third kappa shape index (κ3) is 2.60. The van der Waals surface area contributed by atoms with E-state index < -0.39 is 34.2 Å². The van der Waals surface area contributed by atoms with Crippen LogP contribution >= 0.6 is 15.9 Å². The zero-order valence-corrected chi connectivity index (χ0v) is 9.36. The van der Waals surface area contributed by atoms with E-state index in [4.69, 9.17) is 0 Å². The molecule has 1 aromatic heterocycles. The van der Waals surface area contributed by atoms with Crippen LogP contribution in [0.25, 0.3) is 0 Å². The van der Waals surface area contributed by atoms with Gasteiger partial charge in [-0.05, 0) is 15.9 Å². The molecule has 0 spiro atoms. The van der Waals surface area contributed by atoms with Gasteiger partial charge in [0.2, 0.25) is 5.88 Å². The smallest absolute Gasteiger partial charge is 0.417 e. The van der Waals surface area contributed by atoms with Gasteiger partial charge in [0.1, 0.15) is 5.69 Å². The van der Waals surface area contributed by atoms with E-state index in [1.165, 1.54) is 0 Å². The van der Waals surface area contributed by atoms with Crippen LogP contribution in [-0.4, -0.2) is 12.1 Å². The van der Waals surface area contributed by atoms with Crippen molar-refractivity contribution in [3.05, 3.63) is 21.8 Å². The summed E-state index contributed by atoms with van der Waals surface area (Å²) in [6.07, 6.45) is -7.87. The maximum atomic E-state index is 12.5. The highest BCUT2D eigenvalue weighted by molar-refractivity contribution is 9.10. The Balaban J connectivity index is 3.44. The second kappa shape index (κ2) is 4.52. The molecular weight excluding hydrogens is 301 g/mol. The number of alkyl halides is 5. The molecule has 0 aromatic carbocycles. The molecule has 0 aliphatic heterocycles. The third-order valence-corrected chi connectivity index (χ3v) is 2.51. The van der Waals surface area contributed by atoms with Gasteiger partial charge in [-0.1, -0.05) is 0 Å². The molecule has 0 N–H and O–H groups in total. The topological polar surface area (TPSA) is 22.1 Å². The Morgan fingerprint density at radius 1 is 1.38 bits per heavy atom. The van der Waals surface area contributed by atoms with Crippen LogP contribution in [0.5, 0.6) is 5.88 Å². The molecule has 0 saturated heterocycles. The highest BCUT2D eigenvalue weighted by atomic mass is 79.9. The number of pyridine rings is 1. The van der Waals surface area contributed by atoms with E-state index in [2.05, 4.69) is 25.7 Å². The number of hydrogen-bond donors (Lipinski definition) is 0. The van der Waals surface area contributed by atoms with Gasteiger partial charge in [-0.25, -0.2) is 13.8 Å². The van der Waals surface area contributed by atoms with Crippen LogP contribution in [-0.2, 0) is 6.18 Å². The normalized spacial score (nSPS) is 12.0. The number of halogens is 6. The summed E-state index contributed by atoms with van der Waals surface area (Å²) in [4.78, 5) is 3.25. The Hall–Kier alpha value is -0.920. The van der Waals surface area contributed by atoms with E-state index >= 15 is 0 Å². The minimum atomic E-state index is -4.75. The fraction of sp³-hybridized carbons (Fsp3) is 0.375. The standard InChI is InChI=1S/C8H5BrF5NO/c1-16-4-2-3(8(12,13)14)5(9)6(15-4)7(10)11/h2,7H,1H3. The molecule has 0 aliphatic carbocycles. The van der Waals surface area contributed by atoms with Crippen molar-refractivity contribution in [1.82, 2.24) is 4.98 Å². The molecular formula is C8H5BrF5NO. The molecule has 1 rings (SSSR count). The zero-order chi connectivity index (χ0) is 12.5. The molecule has 0 unspecified atom stereocenters. The Morgan fingerprint density at radius 2 is 1.94 bits per heavy atom. The summed E-state index contributed by atoms with van der Waals surface area (Å²) in [5, 5.41) is 0. The summed E-state index contributed by atoms with van der Waals surface area (Å²) in [5.74, 6) is -0.508. The van der Waals surface area contributed by atoms with Crippen LogP contribution in [0.3, 0.4) is 0 Å². The van der Waals surface area contributed by atoms with Crippen LogP contribution in [0.2, 0.25) is 0 Å². The van der Waals surface area contributed by atoms with Crippen molar-refractivity contribution in [1.29, 1.82) is 0 Å². The lowest BCUT2D eigenvalue weighted by atomic mass is 10.2. The first-order chi connectivity index (χ1) is 7.27. The maximum Gasteiger partial charge on any atom is 0.417 e. The number of hydrogen-bond acceptors (Lipinski definition) is 2. The fourth-order valence-corrected chi connectivity index (χ4v) is 1.58. The first-order valence-corrected chi connectivity index (χ1v) is 4.66. The lowest BCUT2D eigenvalue weighted by Crippen LogP contribution is -2.10. The van der Waals surface area contributed by atoms with Crippen molar-refractivity contribution in [2.45, 2.75) is 12.6 Å². The summed E-state index contributed by atoms with van der Waals surface area (Å²) < 4.78 is 65.8. The summed E-state index contributed by atoms with van der Waals surface area (Å²) in [6, 6.07) is 0.552. The van der Waals surface area contributed by atoms with Crippen molar-refractivity contribution in [2.75, 3.05) is 7.11 Å². The number of methoxy groups -OCH3 is 1. The minimum absolute atomic E-state index is 0.508. The Morgan fingerprint density at radius 3 is 2.31 bits per heavy atom. The van der Waals surface area contributed by atoms with E-state index in [1.54, 1.807) is 0 Å². The molecule has 1 heterocycles. The monoisotopic (exact) mass is 305 g/mol. The minimum Gasteiger partial charge on any atom is -0.481 e. The molecule has 0 atom stereocenters. The number of ether oxygens (including phenoxy) is 1. The van der Waals surface area contributed by atoms with Gasteiger partial charge in [0.15, 0.2) is 0 Å². The highest BCUT2D eigenvalue weighted by Crippen LogP contribution is 2.40. The van der Waals surface area contributed by atoms with E-state index in [9.17, 15) is 22.0 Å². The average Bonchev–Trinajstić information content (AvgIpc) is 2.15. The van der Waals surface area contributed by atoms with Gasteiger partial charge in [-0.3, -0.25) is 0 Å². The molecule has 0 amide bonds. The molecule has 16 heavy (non-hydrogen) atoms. The van der Waals surface area contributed by atoms with Crippen LogP contribution in [0.1, 0.15) is 17.7 Å². The van der Waals surface area contributed by atoms with E-state index in [0.717, 1.165) is 7.11 Å². The van der Waals surface area contributed by atoms with Gasteiger partial charge in [-0.15, -0.1) is 0 Å². The predicted octanol–water partition coefficient (Wildman–Crippen LogP) is 3.81. The van der Waals surface area contributed by atoms with Crippen molar-refractivity contribution < 1.29 is 26.7 Å². The van der Waals surface area contributed by atoms with Gasteiger partial charge >= 0.3 is 6.18 Å². The zero-order valence-electron chi connectivity index (χ0n) is 7.78. The van der Waals surface area contributed by atoms with Gasteiger partial charge in [-0.2, -0.15) is 13.2 Å². The molecule has 0 bridgehead atoms. The second-order valence-electron chi connectivity index (χ2n) is 2.71. The first kappa shape index (κ1) is 13.1. The number of rotatable bonds is 2. The molecule has 0 fully saturated rings. The molecule has 2 nitrogen and oxygen atoms in total. The van der Waals surface area contributed by atoms with Crippen LogP contribution in [0.15, 0.2) is 10.5 Å². The SMILES string of the molecule is COc1cc(C(F)(F)F)c(Br)c(C(F)F)n1. The largest absolute Gasteiger partial charge is 0.481 e. The highest BCUT2D eigenvalue weighted by Gasteiger charge is 2.36. The fourth-order valence-electron chi connectivity index (χ4n) is 0.980. The molecule has 0 saturated carbocycles. The Labute approximate surface area is 95.6 Å². The predicted molar refractivity (Wildman–Crippen MR) is 48.4 cm³/mol. The summed E-state index contributed by atoms with van der Waals surface area (Å²) in [7, 11) is 1.05. The van der Waals surface area contributed by atoms with E-state index in [-0.39, 0.29) is 0 Å². The quantitative estimate of drug-likeness (QED) is 0.775. The average molecular weight is 306 g/mol. The summed E-state index contributed by atoms with van der Waals surface area (Å²) >= 11 is 2.46. The Kier molecular flexibility index (Phi) is 3.72. The number of nitrogens with zero attached hydrogens (tertiary/aromatic N) is 1. The van der Waals surface area contributed by atoms with Gasteiger partial charge in [0, 0.05) is 6.07 Å². The Bertz CT molecular complexity index is 393. The van der Waals surface area contributed by atoms with Gasteiger partial charge in [0.05, 0.1) is 17.1 Å². The lowest BCUT2D eigenvalue weighted by molar-refractivity contribution is -0.138. The lowest BCUT2D eigenvalue weighted by Gasteiger charge is -2.13. The van der Waals surface area contributed by atoms with Crippen LogP contribution in [0, 0.1) is 0 Å². The molecule has 8 heteroatoms. The van der Waals surface area contributed by atoms with Crippen molar-refractivity contribution in [2.24, 2.45) is 0 Å². The van der Waals surface area contributed by atoms with Crippen molar-refractivity contribution in [3.8, 4) is 5.88 Å². The molecule has 90 valence electrons. The van der Waals surface area contributed by atoms with Gasteiger partial charge in [0.25, 0.3) is 6.43 Å². The third-order valence-electron chi connectivity index (χ3n) is 1.68. The van der Waals surface area contributed by atoms with Crippen molar-refractivity contribution in [3.63, 3.8) is 0 Å². The van der Waals surface area contributed by atoms with Crippen molar-refractivity contribution >= 4 is 15.9 Å². The molecule has 1 aromatic rings. The van der Waals surface area contributed by atoms with E-state index in [0.29, 0.717) is 6.07 Å². The summed E-state index contributed by atoms with van der Waals surface area (Å²) in [6.45, 7) is 0. The van der Waals surface area contributed by atoms with Crippen LogP contribution in [0.4, 0.5) is 22.0 Å². The number of aromatic nitrogens is 1. The molecule has 0 radical (unpaired) electrons. The summed E-state index contributed by atoms with van der Waals surface area (Å²) in [5.41, 5.74) is -2.23.